The number of nitrogens with zero attached hydrogens (tertiary/aromatic N) is 2. The van der Waals surface area contributed by atoms with Crippen LogP contribution in [0, 0.1) is 0 Å². The average molecular weight is 359 g/mol. The topological polar surface area (TPSA) is 56.0 Å². The molecule has 0 saturated heterocycles. The Balaban J connectivity index is 2.25. The summed E-state index contributed by atoms with van der Waals surface area (Å²) < 4.78 is 3.25. The second kappa shape index (κ2) is 5.85. The van der Waals surface area contributed by atoms with E-state index in [4.69, 9.17) is 11.6 Å². The molecule has 0 aliphatic rings. The van der Waals surface area contributed by atoms with Crippen LogP contribution in [0.5, 0.6) is 0 Å². The number of halogens is 2. The van der Waals surface area contributed by atoms with Crippen LogP contribution in [0.2, 0.25) is 5.02 Å². The fourth-order valence-corrected chi connectivity index (χ4v) is 2.30. The van der Waals surface area contributed by atoms with Gasteiger partial charge < -0.3 is 9.88 Å². The van der Waals surface area contributed by atoms with Crippen molar-refractivity contribution < 1.29 is 0 Å². The SMILES string of the molecule is Cn1cc(CNc2ccc(Cl)c(Br)c2)c(=O)n(C)c1=O. The summed E-state index contributed by atoms with van der Waals surface area (Å²) in [4.78, 5) is 23.5. The van der Waals surface area contributed by atoms with Gasteiger partial charge >= 0.3 is 5.69 Å². The first kappa shape index (κ1) is 14.9. The maximum absolute atomic E-state index is 12.0. The summed E-state index contributed by atoms with van der Waals surface area (Å²) >= 11 is 9.25. The van der Waals surface area contributed by atoms with Crippen LogP contribution in [0.4, 0.5) is 5.69 Å². The third-order valence-electron chi connectivity index (χ3n) is 2.92. The van der Waals surface area contributed by atoms with Gasteiger partial charge in [-0.05, 0) is 34.1 Å². The number of hydrogen-bond acceptors (Lipinski definition) is 3. The second-order valence-electron chi connectivity index (χ2n) is 4.39. The molecule has 0 aliphatic heterocycles. The predicted molar refractivity (Wildman–Crippen MR) is 83.4 cm³/mol. The number of aryl methyl sites for hydroxylation is 1. The molecule has 7 heteroatoms. The van der Waals surface area contributed by atoms with Crippen molar-refractivity contribution in [3.05, 3.63) is 60.3 Å². The van der Waals surface area contributed by atoms with Crippen molar-refractivity contribution in [2.45, 2.75) is 6.54 Å². The highest BCUT2D eigenvalue weighted by Crippen LogP contribution is 2.25. The normalized spacial score (nSPS) is 10.6. The molecular formula is C13H13BrClN3O2. The summed E-state index contributed by atoms with van der Waals surface area (Å²) in [5.41, 5.74) is 0.708. The van der Waals surface area contributed by atoms with E-state index in [-0.39, 0.29) is 11.2 Å². The van der Waals surface area contributed by atoms with Gasteiger partial charge in [-0.2, -0.15) is 0 Å². The van der Waals surface area contributed by atoms with Crippen molar-refractivity contribution >= 4 is 33.2 Å². The number of hydrogen-bond donors (Lipinski definition) is 1. The summed E-state index contributed by atoms with van der Waals surface area (Å²) in [6.07, 6.45) is 1.54. The van der Waals surface area contributed by atoms with E-state index in [1.807, 2.05) is 12.1 Å². The standard InChI is InChI=1S/C13H13BrClN3O2/c1-17-7-8(12(19)18(2)13(17)20)6-16-9-3-4-11(15)10(14)5-9/h3-5,7,16H,6H2,1-2H3. The maximum atomic E-state index is 12.0. The predicted octanol–water partition coefficient (Wildman–Crippen LogP) is 2.11. The lowest BCUT2D eigenvalue weighted by molar-refractivity contribution is 0.671. The fourth-order valence-electron chi connectivity index (χ4n) is 1.81. The first-order chi connectivity index (χ1) is 9.40. The lowest BCUT2D eigenvalue weighted by atomic mass is 10.3. The van der Waals surface area contributed by atoms with Gasteiger partial charge in [0, 0.05) is 37.0 Å². The van der Waals surface area contributed by atoms with Crippen LogP contribution in [0.3, 0.4) is 0 Å². The summed E-state index contributed by atoms with van der Waals surface area (Å²) in [7, 11) is 3.08. The Labute approximate surface area is 128 Å². The lowest BCUT2D eigenvalue weighted by Gasteiger charge is -2.09. The third-order valence-corrected chi connectivity index (χ3v) is 4.13. The molecule has 0 bridgehead atoms. The highest BCUT2D eigenvalue weighted by Gasteiger charge is 2.07. The molecule has 0 amide bonds. The molecule has 106 valence electrons. The molecule has 1 heterocycles. The van der Waals surface area contributed by atoms with Crippen LogP contribution in [0.15, 0.2) is 38.5 Å². The quantitative estimate of drug-likeness (QED) is 0.914. The van der Waals surface area contributed by atoms with Gasteiger partial charge in [0.1, 0.15) is 0 Å². The van der Waals surface area contributed by atoms with Crippen molar-refractivity contribution in [2.24, 2.45) is 14.1 Å². The largest absolute Gasteiger partial charge is 0.381 e. The molecule has 0 unspecified atom stereocenters. The van der Waals surface area contributed by atoms with Gasteiger partial charge in [0.2, 0.25) is 0 Å². The first-order valence-corrected chi connectivity index (χ1v) is 7.01. The Morgan fingerprint density at radius 2 is 2.00 bits per heavy atom. The molecular weight excluding hydrogens is 346 g/mol. The molecule has 0 atom stereocenters. The van der Waals surface area contributed by atoms with Gasteiger partial charge in [-0.25, -0.2) is 4.79 Å². The molecule has 5 nitrogen and oxygen atoms in total. The lowest BCUT2D eigenvalue weighted by Crippen LogP contribution is -2.38. The van der Waals surface area contributed by atoms with E-state index in [1.54, 1.807) is 19.3 Å². The molecule has 1 N–H and O–H groups in total. The Bertz CT molecular complexity index is 767. The Kier molecular flexibility index (Phi) is 4.35. The van der Waals surface area contributed by atoms with Crippen molar-refractivity contribution in [1.29, 1.82) is 0 Å². The van der Waals surface area contributed by atoms with Crippen LogP contribution in [0.1, 0.15) is 5.56 Å². The van der Waals surface area contributed by atoms with E-state index >= 15 is 0 Å². The van der Waals surface area contributed by atoms with E-state index < -0.39 is 0 Å². The van der Waals surface area contributed by atoms with Crippen molar-refractivity contribution in [3.63, 3.8) is 0 Å². The molecule has 0 saturated carbocycles. The third kappa shape index (κ3) is 2.96. The smallest absolute Gasteiger partial charge is 0.330 e. The van der Waals surface area contributed by atoms with Crippen molar-refractivity contribution in [3.8, 4) is 0 Å². The van der Waals surface area contributed by atoms with Gasteiger partial charge in [-0.1, -0.05) is 11.6 Å². The average Bonchev–Trinajstić information content (AvgIpc) is 2.42. The molecule has 0 aliphatic carbocycles. The summed E-state index contributed by atoms with van der Waals surface area (Å²) in [6, 6.07) is 5.40. The fraction of sp³-hybridized carbons (Fsp3) is 0.231. The minimum Gasteiger partial charge on any atom is -0.381 e. The summed E-state index contributed by atoms with van der Waals surface area (Å²) in [6.45, 7) is 0.328. The van der Waals surface area contributed by atoms with Gasteiger partial charge in [0.05, 0.1) is 10.6 Å². The van der Waals surface area contributed by atoms with Gasteiger partial charge in [0.15, 0.2) is 0 Å². The molecule has 20 heavy (non-hydrogen) atoms. The van der Waals surface area contributed by atoms with Gasteiger partial charge in [-0.3, -0.25) is 9.36 Å². The highest BCUT2D eigenvalue weighted by molar-refractivity contribution is 9.10. The molecule has 0 radical (unpaired) electrons. The maximum Gasteiger partial charge on any atom is 0.330 e. The van der Waals surface area contributed by atoms with E-state index in [9.17, 15) is 9.59 Å². The molecule has 2 rings (SSSR count). The van der Waals surface area contributed by atoms with Crippen molar-refractivity contribution in [1.82, 2.24) is 9.13 Å². The number of benzene rings is 1. The number of rotatable bonds is 3. The zero-order valence-electron chi connectivity index (χ0n) is 11.0. The van der Waals surface area contributed by atoms with E-state index in [0.717, 1.165) is 14.7 Å². The minimum absolute atomic E-state index is 0.298. The Morgan fingerprint density at radius 1 is 1.30 bits per heavy atom. The van der Waals surface area contributed by atoms with Crippen LogP contribution >= 0.6 is 27.5 Å². The number of anilines is 1. The molecule has 1 aromatic heterocycles. The van der Waals surface area contributed by atoms with Crippen LogP contribution in [0.25, 0.3) is 0 Å². The molecule has 1 aromatic carbocycles. The monoisotopic (exact) mass is 357 g/mol. The van der Waals surface area contributed by atoms with Crippen LogP contribution in [-0.4, -0.2) is 9.13 Å². The molecule has 0 spiro atoms. The van der Waals surface area contributed by atoms with E-state index in [2.05, 4.69) is 21.2 Å². The van der Waals surface area contributed by atoms with E-state index in [0.29, 0.717) is 17.1 Å². The number of nitrogens with one attached hydrogen (secondary N) is 1. The van der Waals surface area contributed by atoms with E-state index in [1.165, 1.54) is 11.6 Å². The number of aromatic nitrogens is 2. The molecule has 0 fully saturated rings. The zero-order valence-corrected chi connectivity index (χ0v) is 13.3. The van der Waals surface area contributed by atoms with Gasteiger partial charge in [0.25, 0.3) is 5.56 Å². The Morgan fingerprint density at radius 3 is 2.65 bits per heavy atom. The van der Waals surface area contributed by atoms with Crippen LogP contribution < -0.4 is 16.6 Å². The Hall–Kier alpha value is -1.53. The molecule has 2 aromatic rings. The first-order valence-electron chi connectivity index (χ1n) is 5.84. The van der Waals surface area contributed by atoms with Gasteiger partial charge in [-0.15, -0.1) is 0 Å². The summed E-state index contributed by atoms with van der Waals surface area (Å²) in [5, 5.41) is 3.75. The highest BCUT2D eigenvalue weighted by atomic mass is 79.9. The second-order valence-corrected chi connectivity index (χ2v) is 5.66. The summed E-state index contributed by atoms with van der Waals surface area (Å²) in [5.74, 6) is 0. The van der Waals surface area contributed by atoms with Crippen molar-refractivity contribution in [2.75, 3.05) is 5.32 Å². The minimum atomic E-state index is -0.340. The van der Waals surface area contributed by atoms with Crippen LogP contribution in [-0.2, 0) is 20.6 Å². The zero-order chi connectivity index (χ0) is 14.9.